The van der Waals surface area contributed by atoms with Gasteiger partial charge in [0.25, 0.3) is 0 Å². The second kappa shape index (κ2) is 10.3. The van der Waals surface area contributed by atoms with Gasteiger partial charge in [-0.15, -0.1) is 0 Å². The lowest BCUT2D eigenvalue weighted by Gasteiger charge is -2.36. The topological polar surface area (TPSA) is 92.7 Å². The highest BCUT2D eigenvalue weighted by Crippen LogP contribution is 2.28. The molecule has 1 N–H and O–H groups in total. The summed E-state index contributed by atoms with van der Waals surface area (Å²) in [5, 5.41) is 3.88. The van der Waals surface area contributed by atoms with Crippen LogP contribution in [0.4, 0.5) is 5.69 Å². The van der Waals surface area contributed by atoms with Crippen molar-refractivity contribution in [2.45, 2.75) is 0 Å². The highest BCUT2D eigenvalue weighted by molar-refractivity contribution is 6.35. The Balaban J connectivity index is 1.53. The molecular weight excluding hydrogens is 400 g/mol. The number of amides is 2. The van der Waals surface area contributed by atoms with E-state index in [4.69, 9.17) is 14.2 Å². The van der Waals surface area contributed by atoms with Gasteiger partial charge in [0.05, 0.1) is 33.2 Å². The molecule has 0 bridgehead atoms. The van der Waals surface area contributed by atoms with Crippen LogP contribution < -0.4 is 24.5 Å². The molecule has 0 radical (unpaired) electrons. The van der Waals surface area contributed by atoms with Crippen molar-refractivity contribution in [3.05, 3.63) is 48.0 Å². The summed E-state index contributed by atoms with van der Waals surface area (Å²) in [7, 11) is 4.71. The largest absolute Gasteiger partial charge is 0.495 e. The number of methoxy groups -OCH3 is 3. The zero-order chi connectivity index (χ0) is 22.2. The first-order valence-electron chi connectivity index (χ1n) is 9.79. The number of anilines is 1. The number of ether oxygens (including phenoxy) is 3. The van der Waals surface area contributed by atoms with Gasteiger partial charge in [-0.3, -0.25) is 9.59 Å². The lowest BCUT2D eigenvalue weighted by molar-refractivity contribution is -0.146. The maximum absolute atomic E-state index is 12.5. The molecule has 0 saturated carbocycles. The second-order valence-electron chi connectivity index (χ2n) is 6.76. The number of hydrogen-bond acceptors (Lipinski definition) is 7. The van der Waals surface area contributed by atoms with E-state index in [1.165, 1.54) is 18.2 Å². The number of hydrogen-bond donors (Lipinski definition) is 1. The van der Waals surface area contributed by atoms with Crippen LogP contribution in [0.15, 0.2) is 47.6 Å². The molecule has 2 amide bonds. The lowest BCUT2D eigenvalue weighted by atomic mass is 10.2. The lowest BCUT2D eigenvalue weighted by Crippen LogP contribution is -2.52. The monoisotopic (exact) mass is 426 g/mol. The van der Waals surface area contributed by atoms with E-state index in [1.807, 2.05) is 24.3 Å². The highest BCUT2D eigenvalue weighted by Gasteiger charge is 2.26. The summed E-state index contributed by atoms with van der Waals surface area (Å²) in [6.45, 7) is 2.08. The fourth-order valence-electron chi connectivity index (χ4n) is 3.33. The van der Waals surface area contributed by atoms with Crippen molar-refractivity contribution in [3.8, 4) is 17.2 Å². The van der Waals surface area contributed by atoms with E-state index in [0.29, 0.717) is 43.2 Å². The third-order valence-electron chi connectivity index (χ3n) is 4.97. The first-order chi connectivity index (χ1) is 15.1. The van der Waals surface area contributed by atoms with E-state index in [9.17, 15) is 9.59 Å². The fraction of sp³-hybridized carbons (Fsp3) is 0.318. The van der Waals surface area contributed by atoms with E-state index < -0.39 is 11.8 Å². The standard InChI is InChI=1S/C22H26N4O5/c1-29-18-7-5-4-6-17(18)25-10-12-26(13-11-25)22(28)21(27)24-23-15-16-8-9-19(30-2)20(14-16)31-3/h4-9,14-15H,10-13H2,1-3H3,(H,24,27)/b23-15+. The number of piperazine rings is 1. The number of carbonyl (C=O) groups excluding carboxylic acids is 2. The quantitative estimate of drug-likeness (QED) is 0.428. The molecule has 1 heterocycles. The van der Waals surface area contributed by atoms with Crippen molar-refractivity contribution in [3.63, 3.8) is 0 Å². The number of nitrogens with zero attached hydrogens (tertiary/aromatic N) is 3. The smallest absolute Gasteiger partial charge is 0.329 e. The Bertz CT molecular complexity index is 955. The van der Waals surface area contributed by atoms with Gasteiger partial charge in [0.2, 0.25) is 0 Å². The Morgan fingerprint density at radius 3 is 2.26 bits per heavy atom. The van der Waals surface area contributed by atoms with E-state index in [1.54, 1.807) is 32.4 Å². The molecule has 31 heavy (non-hydrogen) atoms. The molecule has 0 unspecified atom stereocenters. The second-order valence-corrected chi connectivity index (χ2v) is 6.76. The predicted octanol–water partition coefficient (Wildman–Crippen LogP) is 1.51. The Labute approximate surface area is 181 Å². The zero-order valence-electron chi connectivity index (χ0n) is 17.8. The van der Waals surface area contributed by atoms with Gasteiger partial charge in [-0.1, -0.05) is 12.1 Å². The molecule has 0 spiro atoms. The average Bonchev–Trinajstić information content (AvgIpc) is 2.83. The minimum Gasteiger partial charge on any atom is -0.495 e. The summed E-state index contributed by atoms with van der Waals surface area (Å²) >= 11 is 0. The summed E-state index contributed by atoms with van der Waals surface area (Å²) in [6.07, 6.45) is 1.44. The molecule has 9 heteroatoms. The number of carbonyl (C=O) groups is 2. The number of para-hydroxylation sites is 2. The van der Waals surface area contributed by atoms with E-state index >= 15 is 0 Å². The summed E-state index contributed by atoms with van der Waals surface area (Å²) in [4.78, 5) is 28.3. The van der Waals surface area contributed by atoms with Crippen molar-refractivity contribution >= 4 is 23.7 Å². The van der Waals surface area contributed by atoms with Crippen LogP contribution in [0.5, 0.6) is 17.2 Å². The van der Waals surface area contributed by atoms with E-state index in [-0.39, 0.29) is 0 Å². The van der Waals surface area contributed by atoms with Crippen LogP contribution in [0.2, 0.25) is 0 Å². The third kappa shape index (κ3) is 5.25. The van der Waals surface area contributed by atoms with Crippen LogP contribution in [0.25, 0.3) is 0 Å². The molecule has 0 atom stereocenters. The summed E-state index contributed by atoms with van der Waals surface area (Å²) in [5.74, 6) is 0.532. The zero-order valence-corrected chi connectivity index (χ0v) is 17.8. The fourth-order valence-corrected chi connectivity index (χ4v) is 3.33. The van der Waals surface area contributed by atoms with Crippen LogP contribution >= 0.6 is 0 Å². The molecule has 2 aromatic rings. The number of rotatable bonds is 6. The van der Waals surface area contributed by atoms with Crippen molar-refractivity contribution in [1.29, 1.82) is 0 Å². The van der Waals surface area contributed by atoms with E-state index in [0.717, 1.165) is 11.4 Å². The molecule has 164 valence electrons. The molecule has 0 aromatic heterocycles. The average molecular weight is 426 g/mol. The third-order valence-corrected chi connectivity index (χ3v) is 4.97. The Kier molecular flexibility index (Phi) is 7.31. The number of hydrazone groups is 1. The van der Waals surface area contributed by atoms with Crippen LogP contribution in [0.1, 0.15) is 5.56 Å². The summed E-state index contributed by atoms with van der Waals surface area (Å²) in [6, 6.07) is 12.9. The van der Waals surface area contributed by atoms with Gasteiger partial charge < -0.3 is 24.0 Å². The van der Waals surface area contributed by atoms with Crippen molar-refractivity contribution in [2.24, 2.45) is 5.10 Å². The van der Waals surface area contributed by atoms with Gasteiger partial charge in [0.1, 0.15) is 5.75 Å². The van der Waals surface area contributed by atoms with Gasteiger partial charge in [0.15, 0.2) is 11.5 Å². The normalized spacial score (nSPS) is 13.8. The molecule has 1 aliphatic heterocycles. The maximum atomic E-state index is 12.5. The molecule has 1 aliphatic rings. The molecule has 0 aliphatic carbocycles. The van der Waals surface area contributed by atoms with E-state index in [2.05, 4.69) is 15.4 Å². The minimum atomic E-state index is -0.775. The first-order valence-corrected chi connectivity index (χ1v) is 9.79. The van der Waals surface area contributed by atoms with Gasteiger partial charge >= 0.3 is 11.8 Å². The Morgan fingerprint density at radius 2 is 1.58 bits per heavy atom. The van der Waals surface area contributed by atoms with Crippen molar-refractivity contribution in [1.82, 2.24) is 10.3 Å². The highest BCUT2D eigenvalue weighted by atomic mass is 16.5. The number of benzene rings is 2. The molecule has 2 aromatic carbocycles. The molecule has 3 rings (SSSR count). The predicted molar refractivity (Wildman–Crippen MR) is 117 cm³/mol. The van der Waals surface area contributed by atoms with Gasteiger partial charge in [0, 0.05) is 26.2 Å². The molecule has 1 fully saturated rings. The van der Waals surface area contributed by atoms with Crippen LogP contribution in [-0.2, 0) is 9.59 Å². The van der Waals surface area contributed by atoms with Crippen LogP contribution in [0, 0.1) is 0 Å². The molecule has 1 saturated heterocycles. The summed E-state index contributed by atoms with van der Waals surface area (Å²) in [5.41, 5.74) is 3.95. The Morgan fingerprint density at radius 1 is 0.903 bits per heavy atom. The summed E-state index contributed by atoms with van der Waals surface area (Å²) < 4.78 is 15.8. The van der Waals surface area contributed by atoms with Gasteiger partial charge in [-0.05, 0) is 35.9 Å². The van der Waals surface area contributed by atoms with Crippen molar-refractivity contribution < 1.29 is 23.8 Å². The number of nitrogens with one attached hydrogen (secondary N) is 1. The molecule has 9 nitrogen and oxygen atoms in total. The maximum Gasteiger partial charge on any atom is 0.329 e. The first kappa shape index (κ1) is 21.9. The van der Waals surface area contributed by atoms with Crippen molar-refractivity contribution in [2.75, 3.05) is 52.4 Å². The Hall–Kier alpha value is -3.75. The van der Waals surface area contributed by atoms with Gasteiger partial charge in [-0.25, -0.2) is 5.43 Å². The minimum absolute atomic E-state index is 0.434. The van der Waals surface area contributed by atoms with Gasteiger partial charge in [-0.2, -0.15) is 5.10 Å². The molecular formula is C22H26N4O5. The van der Waals surface area contributed by atoms with Crippen LogP contribution in [-0.4, -0.2) is 70.4 Å². The SMILES string of the molecule is COc1ccc(/C=N/NC(=O)C(=O)N2CCN(c3ccccc3OC)CC2)cc1OC. The van der Waals surface area contributed by atoms with Crippen LogP contribution in [0.3, 0.4) is 0 Å².